The highest BCUT2D eigenvalue weighted by atomic mass is 35.5. The average molecular weight is 697 g/mol. The molecule has 3 atom stereocenters. The largest absolute Gasteiger partial charge is 0.455 e. The van der Waals surface area contributed by atoms with Crippen molar-refractivity contribution in [1.82, 2.24) is 20.0 Å². The zero-order valence-corrected chi connectivity index (χ0v) is 31.7. The van der Waals surface area contributed by atoms with Gasteiger partial charge in [-0.3, -0.25) is 4.79 Å². The van der Waals surface area contributed by atoms with Gasteiger partial charge in [-0.1, -0.05) is 73.0 Å². The van der Waals surface area contributed by atoms with E-state index < -0.39 is 0 Å². The molecule has 274 valence electrons. The first-order chi connectivity index (χ1) is 23.8. The van der Waals surface area contributed by atoms with Crippen molar-refractivity contribution in [3.63, 3.8) is 0 Å². The van der Waals surface area contributed by atoms with Gasteiger partial charge in [-0.15, -0.1) is 0 Å². The number of piperidine rings is 1. The Morgan fingerprint density at radius 1 is 1.00 bits per heavy atom. The van der Waals surface area contributed by atoms with Gasteiger partial charge in [0.1, 0.15) is 6.10 Å². The second-order valence-corrected chi connectivity index (χ2v) is 14.2. The van der Waals surface area contributed by atoms with Gasteiger partial charge in [0.25, 0.3) is 6.02 Å². The molecule has 1 saturated carbocycles. The lowest BCUT2D eigenvalue weighted by Crippen LogP contribution is -2.55. The smallest absolute Gasteiger partial charge is 0.288 e. The first kappa shape index (κ1) is 40.8. The summed E-state index contributed by atoms with van der Waals surface area (Å²) < 4.78 is 6.25. The van der Waals surface area contributed by atoms with Crippen molar-refractivity contribution in [2.75, 3.05) is 59.9 Å². The Hall–Kier alpha value is -2.65. The Bertz CT molecular complexity index is 1210. The molecule has 3 aliphatic heterocycles. The molecular weight excluding hydrogens is 632 g/mol. The molecule has 3 heterocycles. The molecule has 9 heteroatoms. The number of amides is 1. The lowest BCUT2D eigenvalue weighted by molar-refractivity contribution is -0.135. The molecule has 49 heavy (non-hydrogen) atoms. The summed E-state index contributed by atoms with van der Waals surface area (Å²) in [5.74, 6) is 0.305. The number of nitrogens with one attached hydrogen (secondary N) is 1. The quantitative estimate of drug-likeness (QED) is 0.206. The maximum atomic E-state index is 12.8. The summed E-state index contributed by atoms with van der Waals surface area (Å²) in [6, 6.07) is 11.3. The van der Waals surface area contributed by atoms with E-state index in [1.807, 2.05) is 31.3 Å². The number of hydrogen-bond donors (Lipinski definition) is 2. The molecule has 0 bridgehead atoms. The van der Waals surface area contributed by atoms with Crippen LogP contribution in [0.1, 0.15) is 103 Å². The van der Waals surface area contributed by atoms with Gasteiger partial charge in [0.2, 0.25) is 5.91 Å². The third-order valence-electron chi connectivity index (χ3n) is 9.72. The first-order valence-corrected chi connectivity index (χ1v) is 19.2. The molecule has 0 unspecified atom stereocenters. The number of nitrogens with zero attached hydrogens (tertiary/aromatic N) is 4. The minimum absolute atomic E-state index is 0.0221. The predicted octanol–water partition coefficient (Wildman–Crippen LogP) is 7.43. The van der Waals surface area contributed by atoms with Gasteiger partial charge in [0.05, 0.1) is 6.04 Å². The standard InChI is InChI=1S/C26H40N4O2.C8H12ClN.C5H8.CH5N/c1-21-20-29(26-27-22(2)25(32-26)23-12-6-3-7-13-23)18-19-30(21)24(31)14-8-4-9-15-28-16-10-5-11-17-28;1-10-6-7-3-2-4-8(9)5-7;1-5-3-2-4-5;1-2/h3,6-7,12-13,21-22,25H,4-5,8-11,14-20H2,1-2H3;3,5,10H,2,4,6H2,1H3;1-4H2;2H2,1H3/t21-,22+,25-;;;/m1.../s1. The summed E-state index contributed by atoms with van der Waals surface area (Å²) in [7, 11) is 3.44. The molecule has 1 aromatic rings. The summed E-state index contributed by atoms with van der Waals surface area (Å²) in [6.07, 6.45) is 18.5. The van der Waals surface area contributed by atoms with Gasteiger partial charge in [0, 0.05) is 43.7 Å². The van der Waals surface area contributed by atoms with E-state index in [9.17, 15) is 4.79 Å². The van der Waals surface area contributed by atoms with Crippen LogP contribution in [0.15, 0.2) is 70.2 Å². The molecule has 6 rings (SSSR count). The SMILES string of the molecule is C=C1CCC1.CN.CNCC1=CCCC(Cl)=C1.C[C@@H]1N=C(N2CCN(C(=O)CCCCCN3CCCCC3)[C@H](C)C2)O[C@H]1c1ccccc1. The third-order valence-corrected chi connectivity index (χ3v) is 10.0. The van der Waals surface area contributed by atoms with Crippen molar-refractivity contribution in [2.45, 2.75) is 109 Å². The summed E-state index contributed by atoms with van der Waals surface area (Å²) in [5.41, 5.74) is 8.41. The number of ether oxygens (including phenoxy) is 1. The van der Waals surface area contributed by atoms with Gasteiger partial charge in [-0.25, -0.2) is 4.99 Å². The van der Waals surface area contributed by atoms with Crippen molar-refractivity contribution in [3.8, 4) is 0 Å². The number of aliphatic imine (C=N–C) groups is 1. The van der Waals surface area contributed by atoms with Gasteiger partial charge in [-0.05, 0) is 123 Å². The molecule has 1 aromatic carbocycles. The fraction of sp³-hybridized carbons (Fsp3) is 0.650. The van der Waals surface area contributed by atoms with E-state index in [4.69, 9.17) is 21.3 Å². The van der Waals surface area contributed by atoms with E-state index in [1.54, 1.807) is 0 Å². The molecule has 0 spiro atoms. The molecule has 8 nitrogen and oxygen atoms in total. The molecule has 2 saturated heterocycles. The lowest BCUT2D eigenvalue weighted by Gasteiger charge is -2.40. The molecule has 1 amide bonds. The van der Waals surface area contributed by atoms with Crippen molar-refractivity contribution in [1.29, 1.82) is 0 Å². The zero-order chi connectivity index (χ0) is 35.4. The number of rotatable bonds is 9. The van der Waals surface area contributed by atoms with E-state index in [0.717, 1.165) is 62.9 Å². The van der Waals surface area contributed by atoms with E-state index in [2.05, 4.69) is 64.4 Å². The highest BCUT2D eigenvalue weighted by Crippen LogP contribution is 2.30. The van der Waals surface area contributed by atoms with Crippen LogP contribution in [0.3, 0.4) is 0 Å². The topological polar surface area (TPSA) is 86.4 Å². The van der Waals surface area contributed by atoms with Gasteiger partial charge in [0.15, 0.2) is 0 Å². The fourth-order valence-corrected chi connectivity index (χ4v) is 6.98. The fourth-order valence-electron chi connectivity index (χ4n) is 6.73. The van der Waals surface area contributed by atoms with Gasteiger partial charge < -0.3 is 30.5 Å². The van der Waals surface area contributed by atoms with E-state index >= 15 is 0 Å². The Balaban J connectivity index is 0.000000312. The lowest BCUT2D eigenvalue weighted by atomic mass is 9.95. The number of carbonyl (C=O) groups excluding carboxylic acids is 1. The minimum atomic E-state index is -0.0221. The van der Waals surface area contributed by atoms with Gasteiger partial charge in [-0.2, -0.15) is 0 Å². The zero-order valence-electron chi connectivity index (χ0n) is 31.0. The number of likely N-dealkylation sites (N-methyl/N-ethyl adjacent to an activating group) is 1. The maximum absolute atomic E-state index is 12.8. The average Bonchev–Trinajstić information content (AvgIpc) is 3.51. The maximum Gasteiger partial charge on any atom is 0.288 e. The van der Waals surface area contributed by atoms with Crippen molar-refractivity contribution < 1.29 is 9.53 Å². The number of likely N-dealkylation sites (tertiary alicyclic amines) is 1. The number of hydrogen-bond acceptors (Lipinski definition) is 7. The van der Waals surface area contributed by atoms with E-state index in [0.29, 0.717) is 12.3 Å². The Kier molecular flexibility index (Phi) is 19.1. The van der Waals surface area contributed by atoms with Crippen molar-refractivity contribution in [3.05, 3.63) is 70.8 Å². The normalized spacial score (nSPS) is 23.5. The molecule has 2 aliphatic carbocycles. The van der Waals surface area contributed by atoms with Gasteiger partial charge >= 0.3 is 0 Å². The molecule has 0 aromatic heterocycles. The van der Waals surface area contributed by atoms with Crippen molar-refractivity contribution >= 4 is 23.5 Å². The molecule has 5 aliphatic rings. The minimum Gasteiger partial charge on any atom is -0.455 e. The van der Waals surface area contributed by atoms with E-state index in [1.165, 1.54) is 88.3 Å². The predicted molar refractivity (Wildman–Crippen MR) is 207 cm³/mol. The number of amidine groups is 1. The third kappa shape index (κ3) is 14.2. The molecule has 3 N–H and O–H groups in total. The monoisotopic (exact) mass is 696 g/mol. The van der Waals surface area contributed by atoms with Crippen LogP contribution in [0, 0.1) is 0 Å². The number of halogens is 1. The first-order valence-electron chi connectivity index (χ1n) is 18.8. The second-order valence-electron chi connectivity index (χ2n) is 13.7. The number of nitrogens with two attached hydrogens (primary N) is 1. The van der Waals surface area contributed by atoms with E-state index in [-0.39, 0.29) is 18.2 Å². The van der Waals surface area contributed by atoms with Crippen LogP contribution in [-0.4, -0.2) is 98.6 Å². The van der Waals surface area contributed by atoms with Crippen molar-refractivity contribution in [2.24, 2.45) is 10.7 Å². The van der Waals surface area contributed by atoms with Crippen LogP contribution in [-0.2, 0) is 9.53 Å². The number of benzene rings is 1. The highest BCUT2D eigenvalue weighted by Gasteiger charge is 2.35. The Morgan fingerprint density at radius 2 is 1.71 bits per heavy atom. The summed E-state index contributed by atoms with van der Waals surface area (Å²) in [5, 5.41) is 4.07. The summed E-state index contributed by atoms with van der Waals surface area (Å²) in [4.78, 5) is 24.5. The highest BCUT2D eigenvalue weighted by molar-refractivity contribution is 6.29. The molecule has 3 fully saturated rings. The van der Waals surface area contributed by atoms with Crippen LogP contribution in [0.2, 0.25) is 0 Å². The number of unbranched alkanes of at least 4 members (excludes halogenated alkanes) is 2. The van der Waals surface area contributed by atoms with Crippen LogP contribution in [0.25, 0.3) is 0 Å². The van der Waals surface area contributed by atoms with Crippen LogP contribution in [0.5, 0.6) is 0 Å². The second kappa shape index (κ2) is 22.9. The summed E-state index contributed by atoms with van der Waals surface area (Å²) >= 11 is 5.84. The number of carbonyl (C=O) groups is 1. The molecular formula is C40H65ClN6O2. The van der Waals surface area contributed by atoms with Crippen LogP contribution in [0.4, 0.5) is 0 Å². The Morgan fingerprint density at radius 3 is 2.33 bits per heavy atom. The molecule has 0 radical (unpaired) electrons. The number of allylic oxidation sites excluding steroid dienone is 3. The van der Waals surface area contributed by atoms with Crippen LogP contribution >= 0.6 is 11.6 Å². The van der Waals surface area contributed by atoms with Crippen LogP contribution < -0.4 is 11.1 Å². The number of piperazine rings is 1. The Labute approximate surface area is 302 Å². The summed E-state index contributed by atoms with van der Waals surface area (Å²) in [6.45, 7) is 15.0.